The molecule has 3 aliphatic rings. The smallest absolute Gasteiger partial charge is 0.169 e. The van der Waals surface area contributed by atoms with Crippen LogP contribution in [0.2, 0.25) is 25.7 Å². The molecule has 1 saturated heterocycles. The Labute approximate surface area is 248 Å². The Morgan fingerprint density at radius 2 is 1.83 bits per heavy atom. The van der Waals surface area contributed by atoms with Crippen LogP contribution in [0.5, 0.6) is 0 Å². The molecular weight excluding hydrogens is 530 g/mol. The van der Waals surface area contributed by atoms with Gasteiger partial charge in [0.05, 0.1) is 42.4 Å². The van der Waals surface area contributed by atoms with Crippen molar-refractivity contribution in [3.05, 3.63) is 51.9 Å². The Balaban J connectivity index is 1.55. The number of ether oxygens (including phenoxy) is 4. The third-order valence-electron chi connectivity index (χ3n) is 8.64. The number of methoxy groups -OCH3 is 1. The van der Waals surface area contributed by atoms with E-state index in [1.165, 1.54) is 39.3 Å². The molecule has 41 heavy (non-hydrogen) atoms. The van der Waals surface area contributed by atoms with E-state index in [0.717, 1.165) is 44.0 Å². The lowest BCUT2D eigenvalue weighted by molar-refractivity contribution is -0.151. The highest BCUT2D eigenvalue weighted by atomic mass is 28.3. The van der Waals surface area contributed by atoms with Gasteiger partial charge in [0.15, 0.2) is 5.79 Å². The first-order valence-corrected chi connectivity index (χ1v) is 19.1. The Hall–Kier alpha value is -1.97. The highest BCUT2D eigenvalue weighted by Crippen LogP contribution is 2.47. The SMILES string of the molecule is COCc1cc(C)c2c(c1)CC(C)=C(c1cc(C3CCC4(C3)OCCO4)nn1C(C)(C)C)N2COCC[Si](C)(C)C. The molecule has 2 aromatic rings. The molecule has 1 atom stereocenters. The molecule has 1 aromatic carbocycles. The van der Waals surface area contributed by atoms with E-state index < -0.39 is 13.9 Å². The van der Waals surface area contributed by atoms with Crippen LogP contribution in [0.1, 0.15) is 81.0 Å². The van der Waals surface area contributed by atoms with Gasteiger partial charge in [-0.1, -0.05) is 31.8 Å². The summed E-state index contributed by atoms with van der Waals surface area (Å²) in [6.45, 7) is 21.8. The van der Waals surface area contributed by atoms with Crippen molar-refractivity contribution in [2.45, 2.75) is 110 Å². The van der Waals surface area contributed by atoms with Crippen molar-refractivity contribution in [3.8, 4) is 0 Å². The second kappa shape index (κ2) is 11.6. The number of anilines is 1. The van der Waals surface area contributed by atoms with Gasteiger partial charge >= 0.3 is 0 Å². The van der Waals surface area contributed by atoms with E-state index in [9.17, 15) is 0 Å². The van der Waals surface area contributed by atoms with Crippen LogP contribution in [-0.2, 0) is 37.5 Å². The number of allylic oxidation sites excluding steroid dienone is 1. The van der Waals surface area contributed by atoms with Crippen LogP contribution >= 0.6 is 0 Å². The fraction of sp³-hybridized carbons (Fsp3) is 0.667. The molecule has 8 heteroatoms. The van der Waals surface area contributed by atoms with Gasteiger partial charge in [-0.25, -0.2) is 0 Å². The third kappa shape index (κ3) is 6.52. The standard InChI is InChI=1S/C33H51N3O4Si/c1-23-16-25(21-37-6)18-27-17-24(2)31(35(30(23)27)22-38-14-15-41(7,8)9)29-19-28(34-36(29)32(3,4)5)26-10-11-33(20-26)39-12-13-40-33/h16,18-19,26H,10-15,17,20-22H2,1-9H3. The molecule has 1 aromatic heterocycles. The third-order valence-corrected chi connectivity index (χ3v) is 10.3. The molecular formula is C33H51N3O4Si. The number of aryl methyl sites for hydroxylation is 1. The summed E-state index contributed by atoms with van der Waals surface area (Å²) in [6.07, 6.45) is 3.74. The quantitative estimate of drug-likeness (QED) is 0.230. The second-order valence-corrected chi connectivity index (χ2v) is 20.1. The predicted molar refractivity (Wildman–Crippen MR) is 168 cm³/mol. The van der Waals surface area contributed by atoms with Crippen molar-refractivity contribution in [1.29, 1.82) is 0 Å². The maximum atomic E-state index is 6.47. The van der Waals surface area contributed by atoms with Crippen molar-refractivity contribution in [3.63, 3.8) is 0 Å². The van der Waals surface area contributed by atoms with Crippen molar-refractivity contribution < 1.29 is 18.9 Å². The summed E-state index contributed by atoms with van der Waals surface area (Å²) in [5.41, 5.74) is 9.75. The molecule has 0 bridgehead atoms. The molecule has 0 N–H and O–H groups in total. The van der Waals surface area contributed by atoms with Crippen LogP contribution in [0.3, 0.4) is 0 Å². The highest BCUT2D eigenvalue weighted by molar-refractivity contribution is 6.76. The van der Waals surface area contributed by atoms with Gasteiger partial charge in [0, 0.05) is 46.2 Å². The monoisotopic (exact) mass is 581 g/mol. The summed E-state index contributed by atoms with van der Waals surface area (Å²) < 4.78 is 26.4. The normalized spacial score (nSPS) is 20.9. The van der Waals surface area contributed by atoms with Crippen molar-refractivity contribution in [2.75, 3.05) is 38.6 Å². The minimum atomic E-state index is -1.20. The van der Waals surface area contributed by atoms with Crippen molar-refractivity contribution in [2.24, 2.45) is 0 Å². The number of rotatable bonds is 9. The Morgan fingerprint density at radius 3 is 2.49 bits per heavy atom. The summed E-state index contributed by atoms with van der Waals surface area (Å²) in [4.78, 5) is 2.42. The van der Waals surface area contributed by atoms with Gasteiger partial charge < -0.3 is 23.8 Å². The Kier molecular flexibility index (Phi) is 8.63. The van der Waals surface area contributed by atoms with E-state index in [2.05, 4.69) is 82.0 Å². The largest absolute Gasteiger partial charge is 0.380 e. The lowest BCUT2D eigenvalue weighted by atomic mass is 9.91. The number of hydrogen-bond donors (Lipinski definition) is 0. The lowest BCUT2D eigenvalue weighted by Crippen LogP contribution is -2.34. The summed E-state index contributed by atoms with van der Waals surface area (Å²) >= 11 is 0. The number of fused-ring (bicyclic) bond motifs is 1. The molecule has 1 aliphatic carbocycles. The van der Waals surface area contributed by atoms with Crippen LogP contribution in [0.25, 0.3) is 5.70 Å². The molecule has 2 aliphatic heterocycles. The number of nitrogens with zero attached hydrogens (tertiary/aromatic N) is 3. The molecule has 7 nitrogen and oxygen atoms in total. The Morgan fingerprint density at radius 1 is 1.10 bits per heavy atom. The van der Waals surface area contributed by atoms with Gasteiger partial charge in [0.1, 0.15) is 6.73 Å². The molecule has 1 spiro atoms. The highest BCUT2D eigenvalue weighted by Gasteiger charge is 2.45. The molecule has 1 unspecified atom stereocenters. The summed E-state index contributed by atoms with van der Waals surface area (Å²) in [6, 6.07) is 8.07. The summed E-state index contributed by atoms with van der Waals surface area (Å²) in [5.74, 6) is -0.0882. The zero-order valence-electron chi connectivity index (χ0n) is 26.9. The second-order valence-electron chi connectivity index (χ2n) is 14.5. The van der Waals surface area contributed by atoms with E-state index in [1.54, 1.807) is 7.11 Å². The van der Waals surface area contributed by atoms with Crippen molar-refractivity contribution >= 4 is 19.5 Å². The zero-order chi connectivity index (χ0) is 29.6. The topological polar surface area (TPSA) is 58.0 Å². The average Bonchev–Trinajstić information content (AvgIpc) is 3.61. The molecule has 0 amide bonds. The van der Waals surface area contributed by atoms with Crippen LogP contribution in [0.4, 0.5) is 5.69 Å². The molecule has 0 radical (unpaired) electrons. The fourth-order valence-corrected chi connectivity index (χ4v) is 7.46. The molecule has 3 heterocycles. The van der Waals surface area contributed by atoms with E-state index >= 15 is 0 Å². The fourth-order valence-electron chi connectivity index (χ4n) is 6.70. The van der Waals surface area contributed by atoms with Crippen LogP contribution < -0.4 is 4.90 Å². The molecule has 1 saturated carbocycles. The van der Waals surface area contributed by atoms with Gasteiger partial charge in [0.2, 0.25) is 0 Å². The van der Waals surface area contributed by atoms with Gasteiger partial charge in [0.25, 0.3) is 0 Å². The first kappa shape index (κ1) is 30.5. The van der Waals surface area contributed by atoms with E-state index in [0.29, 0.717) is 32.5 Å². The first-order valence-electron chi connectivity index (χ1n) is 15.4. The summed E-state index contributed by atoms with van der Waals surface area (Å²) in [5, 5.41) is 5.30. The van der Waals surface area contributed by atoms with Crippen LogP contribution in [-0.4, -0.2) is 57.3 Å². The van der Waals surface area contributed by atoms with Gasteiger partial charge in [-0.05, 0) is 81.8 Å². The average molecular weight is 582 g/mol. The Bertz CT molecular complexity index is 1280. The molecule has 226 valence electrons. The van der Waals surface area contributed by atoms with Gasteiger partial charge in [-0.3, -0.25) is 4.68 Å². The molecule has 2 fully saturated rings. The maximum absolute atomic E-state index is 6.47. The number of aromatic nitrogens is 2. The van der Waals surface area contributed by atoms with Crippen molar-refractivity contribution in [1.82, 2.24) is 9.78 Å². The van der Waals surface area contributed by atoms with Crippen LogP contribution in [0, 0.1) is 6.92 Å². The predicted octanol–water partition coefficient (Wildman–Crippen LogP) is 7.21. The first-order chi connectivity index (χ1) is 19.3. The minimum absolute atomic E-state index is 0.181. The van der Waals surface area contributed by atoms with Gasteiger partial charge in [-0.2, -0.15) is 5.10 Å². The maximum Gasteiger partial charge on any atom is 0.169 e. The number of benzene rings is 1. The summed E-state index contributed by atoms with van der Waals surface area (Å²) in [7, 11) is 0.562. The lowest BCUT2D eigenvalue weighted by Gasteiger charge is -2.37. The van der Waals surface area contributed by atoms with E-state index in [4.69, 9.17) is 24.0 Å². The number of hydrogen-bond acceptors (Lipinski definition) is 6. The molecule has 5 rings (SSSR count). The zero-order valence-corrected chi connectivity index (χ0v) is 27.9. The van der Waals surface area contributed by atoms with Crippen LogP contribution in [0.15, 0.2) is 23.8 Å². The van der Waals surface area contributed by atoms with E-state index in [1.807, 2.05) is 0 Å². The minimum Gasteiger partial charge on any atom is -0.380 e. The van der Waals surface area contributed by atoms with Gasteiger partial charge in [-0.15, -0.1) is 0 Å². The van der Waals surface area contributed by atoms with E-state index in [-0.39, 0.29) is 5.54 Å².